The fourth-order valence-electron chi connectivity index (χ4n) is 1.59. The van der Waals surface area contributed by atoms with Crippen LogP contribution in [0.1, 0.15) is 5.01 Å². The molecule has 17 heavy (non-hydrogen) atoms. The van der Waals surface area contributed by atoms with Crippen LogP contribution in [0, 0.1) is 0 Å². The largest absolute Gasteiger partial charge is 0.329 e. The van der Waals surface area contributed by atoms with Crippen LogP contribution in [-0.2, 0) is 6.42 Å². The monoisotopic (exact) mass is 247 g/mol. The van der Waals surface area contributed by atoms with Crippen molar-refractivity contribution in [2.24, 2.45) is 5.73 Å². The average molecular weight is 247 g/mol. The van der Waals surface area contributed by atoms with Gasteiger partial charge in [0.2, 0.25) is 0 Å². The highest BCUT2D eigenvalue weighted by atomic mass is 32.1. The van der Waals surface area contributed by atoms with E-state index in [4.69, 9.17) is 5.73 Å². The van der Waals surface area contributed by atoms with Crippen LogP contribution in [0.5, 0.6) is 0 Å². The van der Waals surface area contributed by atoms with Crippen LogP contribution in [0.2, 0.25) is 0 Å². The number of thiazole rings is 1. The number of nitrogens with one attached hydrogen (secondary N) is 1. The normalized spacial score (nSPS) is 10.6. The summed E-state index contributed by atoms with van der Waals surface area (Å²) in [5, 5.41) is 6.57. The molecule has 1 aromatic carbocycles. The summed E-state index contributed by atoms with van der Waals surface area (Å²) < 4.78 is 0. The molecule has 0 fully saturated rings. The lowest BCUT2D eigenvalue weighted by atomic mass is 10.2. The van der Waals surface area contributed by atoms with Gasteiger partial charge in [-0.25, -0.2) is 4.98 Å². The number of hydrogen-bond acceptors (Lipinski definition) is 4. The summed E-state index contributed by atoms with van der Waals surface area (Å²) in [5.74, 6) is 0. The predicted octanol–water partition coefficient (Wildman–Crippen LogP) is 1.90. The second kappa shape index (κ2) is 6.49. The van der Waals surface area contributed by atoms with E-state index in [1.165, 1.54) is 10.6 Å². The highest BCUT2D eigenvalue weighted by Gasteiger charge is 2.03. The van der Waals surface area contributed by atoms with Crippen molar-refractivity contribution in [1.82, 2.24) is 10.3 Å². The van der Waals surface area contributed by atoms with Gasteiger partial charge in [0, 0.05) is 37.0 Å². The molecule has 1 heterocycles. The third-order valence-corrected chi connectivity index (χ3v) is 3.37. The van der Waals surface area contributed by atoms with Crippen molar-refractivity contribution in [3.63, 3.8) is 0 Å². The lowest BCUT2D eigenvalue weighted by Gasteiger charge is -1.99. The molecule has 0 spiro atoms. The third kappa shape index (κ3) is 3.63. The van der Waals surface area contributed by atoms with Crippen molar-refractivity contribution in [1.29, 1.82) is 0 Å². The number of hydrogen-bond donors (Lipinski definition) is 2. The minimum absolute atomic E-state index is 0.688. The van der Waals surface area contributed by atoms with Gasteiger partial charge in [0.15, 0.2) is 0 Å². The SMILES string of the molecule is NCCNCCc1nc(-c2ccccc2)cs1. The zero-order valence-electron chi connectivity index (χ0n) is 9.73. The van der Waals surface area contributed by atoms with E-state index in [9.17, 15) is 0 Å². The molecule has 0 aliphatic heterocycles. The smallest absolute Gasteiger partial charge is 0.0945 e. The van der Waals surface area contributed by atoms with Gasteiger partial charge in [-0.1, -0.05) is 30.3 Å². The van der Waals surface area contributed by atoms with Crippen molar-refractivity contribution in [2.75, 3.05) is 19.6 Å². The number of aromatic nitrogens is 1. The van der Waals surface area contributed by atoms with Crippen molar-refractivity contribution >= 4 is 11.3 Å². The highest BCUT2D eigenvalue weighted by Crippen LogP contribution is 2.21. The summed E-state index contributed by atoms with van der Waals surface area (Å²) in [6.07, 6.45) is 0.970. The standard InChI is InChI=1S/C13H17N3S/c14-7-9-15-8-6-13-16-12(10-17-13)11-4-2-1-3-5-11/h1-5,10,15H,6-9,14H2. The fourth-order valence-corrected chi connectivity index (χ4v) is 2.40. The first-order chi connectivity index (χ1) is 8.40. The number of rotatable bonds is 6. The maximum Gasteiger partial charge on any atom is 0.0945 e. The van der Waals surface area contributed by atoms with Gasteiger partial charge in [-0.05, 0) is 0 Å². The van der Waals surface area contributed by atoms with E-state index < -0.39 is 0 Å². The molecule has 0 saturated heterocycles. The van der Waals surface area contributed by atoms with Gasteiger partial charge >= 0.3 is 0 Å². The maximum absolute atomic E-state index is 5.41. The molecular formula is C13H17N3S. The quantitative estimate of drug-likeness (QED) is 0.767. The van der Waals surface area contributed by atoms with Crippen LogP contribution in [0.25, 0.3) is 11.3 Å². The molecule has 0 saturated carbocycles. The maximum atomic E-state index is 5.41. The summed E-state index contributed by atoms with van der Waals surface area (Å²) in [5.41, 5.74) is 7.67. The van der Waals surface area contributed by atoms with Crippen LogP contribution < -0.4 is 11.1 Å². The first-order valence-electron chi connectivity index (χ1n) is 5.81. The van der Waals surface area contributed by atoms with Crippen LogP contribution in [0.3, 0.4) is 0 Å². The Morgan fingerprint density at radius 1 is 1.18 bits per heavy atom. The molecule has 1 aromatic heterocycles. The van der Waals surface area contributed by atoms with Gasteiger partial charge in [0.05, 0.1) is 10.7 Å². The molecule has 0 aliphatic rings. The lowest BCUT2D eigenvalue weighted by Crippen LogP contribution is -2.24. The van der Waals surface area contributed by atoms with Gasteiger partial charge in [0.1, 0.15) is 0 Å². The van der Waals surface area contributed by atoms with Crippen molar-refractivity contribution in [3.05, 3.63) is 40.7 Å². The van der Waals surface area contributed by atoms with Gasteiger partial charge in [-0.2, -0.15) is 0 Å². The summed E-state index contributed by atoms with van der Waals surface area (Å²) in [7, 11) is 0. The molecule has 2 aromatic rings. The first kappa shape index (κ1) is 12.2. The Morgan fingerprint density at radius 2 is 2.00 bits per heavy atom. The van der Waals surface area contributed by atoms with Gasteiger partial charge in [-0.3, -0.25) is 0 Å². The summed E-state index contributed by atoms with van der Waals surface area (Å²) in [6.45, 7) is 2.50. The Morgan fingerprint density at radius 3 is 2.76 bits per heavy atom. The Balaban J connectivity index is 1.92. The minimum atomic E-state index is 0.688. The zero-order valence-corrected chi connectivity index (χ0v) is 10.5. The molecule has 0 bridgehead atoms. The molecule has 3 N–H and O–H groups in total. The Bertz CT molecular complexity index is 439. The van der Waals surface area contributed by atoms with Crippen LogP contribution >= 0.6 is 11.3 Å². The van der Waals surface area contributed by atoms with Crippen molar-refractivity contribution in [2.45, 2.75) is 6.42 Å². The van der Waals surface area contributed by atoms with Crippen LogP contribution in [0.15, 0.2) is 35.7 Å². The second-order valence-electron chi connectivity index (χ2n) is 3.78. The predicted molar refractivity (Wildman–Crippen MR) is 73.2 cm³/mol. The number of nitrogens with zero attached hydrogens (tertiary/aromatic N) is 1. The molecule has 0 amide bonds. The van der Waals surface area contributed by atoms with Crippen molar-refractivity contribution < 1.29 is 0 Å². The molecule has 0 radical (unpaired) electrons. The average Bonchev–Trinajstić information content (AvgIpc) is 2.85. The Labute approximate surface area is 106 Å². The van der Waals surface area contributed by atoms with Gasteiger partial charge in [-0.15, -0.1) is 11.3 Å². The molecule has 90 valence electrons. The molecule has 0 atom stereocenters. The number of benzene rings is 1. The van der Waals surface area contributed by atoms with E-state index in [1.807, 2.05) is 18.2 Å². The molecule has 4 heteroatoms. The molecule has 3 nitrogen and oxygen atoms in total. The van der Waals surface area contributed by atoms with E-state index in [2.05, 4.69) is 27.8 Å². The molecule has 0 unspecified atom stereocenters. The highest BCUT2D eigenvalue weighted by molar-refractivity contribution is 7.09. The molecule has 0 aliphatic carbocycles. The zero-order chi connectivity index (χ0) is 11.9. The van der Waals surface area contributed by atoms with Crippen molar-refractivity contribution in [3.8, 4) is 11.3 Å². The number of nitrogens with two attached hydrogens (primary N) is 1. The minimum Gasteiger partial charge on any atom is -0.329 e. The lowest BCUT2D eigenvalue weighted by molar-refractivity contribution is 0.687. The summed E-state index contributed by atoms with van der Waals surface area (Å²) >= 11 is 1.72. The molecular weight excluding hydrogens is 230 g/mol. The summed E-state index contributed by atoms with van der Waals surface area (Å²) in [4.78, 5) is 4.63. The van der Waals surface area contributed by atoms with E-state index >= 15 is 0 Å². The van der Waals surface area contributed by atoms with Crippen LogP contribution in [0.4, 0.5) is 0 Å². The van der Waals surface area contributed by atoms with Gasteiger partial charge in [0.25, 0.3) is 0 Å². The Hall–Kier alpha value is -1.23. The summed E-state index contributed by atoms with van der Waals surface area (Å²) in [6, 6.07) is 10.3. The van der Waals surface area contributed by atoms with E-state index in [-0.39, 0.29) is 0 Å². The second-order valence-corrected chi connectivity index (χ2v) is 4.72. The molecule has 2 rings (SSSR count). The Kier molecular flexibility index (Phi) is 4.67. The fraction of sp³-hybridized carbons (Fsp3) is 0.308. The first-order valence-corrected chi connectivity index (χ1v) is 6.68. The third-order valence-electron chi connectivity index (χ3n) is 2.46. The van der Waals surface area contributed by atoms with Gasteiger partial charge < -0.3 is 11.1 Å². The van der Waals surface area contributed by atoms with E-state index in [0.717, 1.165) is 25.2 Å². The van der Waals surface area contributed by atoms with E-state index in [1.54, 1.807) is 11.3 Å². The van der Waals surface area contributed by atoms with Crippen LogP contribution in [-0.4, -0.2) is 24.6 Å². The van der Waals surface area contributed by atoms with E-state index in [0.29, 0.717) is 6.54 Å². The topological polar surface area (TPSA) is 50.9 Å².